The molecule has 0 unspecified atom stereocenters. The monoisotopic (exact) mass is 282 g/mol. The van der Waals surface area contributed by atoms with E-state index in [0.29, 0.717) is 11.7 Å². The van der Waals surface area contributed by atoms with Gasteiger partial charge in [0.15, 0.2) is 5.11 Å². The molecule has 0 amide bonds. The standard InChI is InChI=1S/C14H22N2O2S/c1-4-5-8-15-14(19)16-10-11-6-7-12(17-2)9-13(11)18-3/h6-7,9H,4-5,8,10H2,1-3H3,(H2,15,16,19). The first-order valence-corrected chi connectivity index (χ1v) is 6.84. The van der Waals surface area contributed by atoms with Crippen molar-refractivity contribution in [2.75, 3.05) is 20.8 Å². The third-order valence-electron chi connectivity index (χ3n) is 2.75. The normalized spacial score (nSPS) is 9.84. The first-order chi connectivity index (χ1) is 9.21. The maximum atomic E-state index is 5.33. The highest BCUT2D eigenvalue weighted by molar-refractivity contribution is 7.80. The fourth-order valence-electron chi connectivity index (χ4n) is 1.61. The third kappa shape index (κ3) is 5.34. The minimum atomic E-state index is 0.630. The summed E-state index contributed by atoms with van der Waals surface area (Å²) in [4.78, 5) is 0. The predicted molar refractivity (Wildman–Crippen MR) is 81.9 cm³/mol. The summed E-state index contributed by atoms with van der Waals surface area (Å²) in [6.07, 6.45) is 2.27. The highest BCUT2D eigenvalue weighted by Crippen LogP contribution is 2.24. The molecule has 4 nitrogen and oxygen atoms in total. The van der Waals surface area contributed by atoms with Gasteiger partial charge in [-0.05, 0) is 30.8 Å². The lowest BCUT2D eigenvalue weighted by Crippen LogP contribution is -2.35. The maximum Gasteiger partial charge on any atom is 0.166 e. The first kappa shape index (κ1) is 15.6. The summed E-state index contributed by atoms with van der Waals surface area (Å²) in [6.45, 7) is 3.69. The zero-order valence-electron chi connectivity index (χ0n) is 11.8. The summed E-state index contributed by atoms with van der Waals surface area (Å²) in [5, 5.41) is 7.01. The van der Waals surface area contributed by atoms with Crippen LogP contribution in [0.5, 0.6) is 11.5 Å². The van der Waals surface area contributed by atoms with Gasteiger partial charge < -0.3 is 20.1 Å². The van der Waals surface area contributed by atoms with Crippen LogP contribution >= 0.6 is 12.2 Å². The average Bonchev–Trinajstić information content (AvgIpc) is 2.45. The van der Waals surface area contributed by atoms with Crippen LogP contribution in [0.15, 0.2) is 18.2 Å². The van der Waals surface area contributed by atoms with Crippen molar-refractivity contribution < 1.29 is 9.47 Å². The van der Waals surface area contributed by atoms with Crippen molar-refractivity contribution in [1.82, 2.24) is 10.6 Å². The summed E-state index contributed by atoms with van der Waals surface area (Å²) >= 11 is 5.21. The van der Waals surface area contributed by atoms with Crippen molar-refractivity contribution in [3.05, 3.63) is 23.8 Å². The van der Waals surface area contributed by atoms with Gasteiger partial charge in [-0.3, -0.25) is 0 Å². The largest absolute Gasteiger partial charge is 0.497 e. The summed E-state index contributed by atoms with van der Waals surface area (Å²) in [6, 6.07) is 5.75. The van der Waals surface area contributed by atoms with Gasteiger partial charge in [0, 0.05) is 24.7 Å². The van der Waals surface area contributed by atoms with E-state index < -0.39 is 0 Å². The Morgan fingerprint density at radius 3 is 2.63 bits per heavy atom. The Kier molecular flexibility index (Phi) is 7.03. The minimum absolute atomic E-state index is 0.630. The highest BCUT2D eigenvalue weighted by atomic mass is 32.1. The molecule has 0 aliphatic heterocycles. The molecule has 19 heavy (non-hydrogen) atoms. The number of ether oxygens (including phenoxy) is 2. The number of methoxy groups -OCH3 is 2. The van der Waals surface area contributed by atoms with E-state index >= 15 is 0 Å². The topological polar surface area (TPSA) is 42.5 Å². The van der Waals surface area contributed by atoms with Crippen molar-refractivity contribution in [2.24, 2.45) is 0 Å². The lowest BCUT2D eigenvalue weighted by Gasteiger charge is -2.13. The lowest BCUT2D eigenvalue weighted by molar-refractivity contribution is 0.390. The first-order valence-electron chi connectivity index (χ1n) is 6.43. The van der Waals surface area contributed by atoms with Gasteiger partial charge in [0.05, 0.1) is 14.2 Å². The summed E-state index contributed by atoms with van der Waals surface area (Å²) in [5.74, 6) is 1.58. The van der Waals surface area contributed by atoms with Gasteiger partial charge in [-0.15, -0.1) is 0 Å². The Balaban J connectivity index is 2.50. The van der Waals surface area contributed by atoms with Crippen molar-refractivity contribution >= 4 is 17.3 Å². The number of thiocarbonyl (C=S) groups is 1. The zero-order valence-corrected chi connectivity index (χ0v) is 12.6. The molecule has 0 atom stereocenters. The van der Waals surface area contributed by atoms with E-state index in [2.05, 4.69) is 17.6 Å². The number of rotatable bonds is 7. The molecule has 106 valence electrons. The van der Waals surface area contributed by atoms with E-state index in [4.69, 9.17) is 21.7 Å². The molecule has 0 spiro atoms. The van der Waals surface area contributed by atoms with Crippen molar-refractivity contribution in [1.29, 1.82) is 0 Å². The molecule has 1 rings (SSSR count). The van der Waals surface area contributed by atoms with E-state index in [9.17, 15) is 0 Å². The highest BCUT2D eigenvalue weighted by Gasteiger charge is 2.05. The molecule has 0 aliphatic rings. The zero-order chi connectivity index (χ0) is 14.1. The number of hydrogen-bond acceptors (Lipinski definition) is 3. The Morgan fingerprint density at radius 1 is 1.21 bits per heavy atom. The van der Waals surface area contributed by atoms with Gasteiger partial charge in [0.1, 0.15) is 11.5 Å². The van der Waals surface area contributed by atoms with E-state index in [1.807, 2.05) is 18.2 Å². The SMILES string of the molecule is CCCCNC(=S)NCc1ccc(OC)cc1OC. The molecule has 0 heterocycles. The van der Waals surface area contributed by atoms with E-state index in [0.717, 1.165) is 36.4 Å². The molecule has 2 N–H and O–H groups in total. The van der Waals surface area contributed by atoms with Gasteiger partial charge >= 0.3 is 0 Å². The second-order valence-corrected chi connectivity index (χ2v) is 4.55. The van der Waals surface area contributed by atoms with Crippen LogP contribution in [0.25, 0.3) is 0 Å². The molecular formula is C14H22N2O2S. The molecule has 0 saturated heterocycles. The van der Waals surface area contributed by atoms with Gasteiger partial charge in [-0.2, -0.15) is 0 Å². The summed E-state index contributed by atoms with van der Waals surface area (Å²) < 4.78 is 10.5. The number of benzene rings is 1. The molecule has 0 aliphatic carbocycles. The maximum absolute atomic E-state index is 5.33. The van der Waals surface area contributed by atoms with Crippen LogP contribution in [-0.4, -0.2) is 25.9 Å². The number of nitrogens with one attached hydrogen (secondary N) is 2. The predicted octanol–water partition coefficient (Wildman–Crippen LogP) is 2.47. The Hall–Kier alpha value is -1.49. The Labute approximate surface area is 120 Å². The molecule has 0 aromatic heterocycles. The molecule has 0 bridgehead atoms. The molecule has 1 aromatic carbocycles. The molecular weight excluding hydrogens is 260 g/mol. The van der Waals surface area contributed by atoms with Crippen molar-refractivity contribution in [3.63, 3.8) is 0 Å². The van der Waals surface area contributed by atoms with Crippen LogP contribution in [-0.2, 0) is 6.54 Å². The van der Waals surface area contributed by atoms with Crippen molar-refractivity contribution in [3.8, 4) is 11.5 Å². The molecule has 1 aromatic rings. The van der Waals surface area contributed by atoms with Crippen LogP contribution < -0.4 is 20.1 Å². The molecule has 0 fully saturated rings. The van der Waals surface area contributed by atoms with Crippen LogP contribution in [0.2, 0.25) is 0 Å². The second-order valence-electron chi connectivity index (χ2n) is 4.14. The minimum Gasteiger partial charge on any atom is -0.497 e. The Morgan fingerprint density at radius 2 is 2.00 bits per heavy atom. The van der Waals surface area contributed by atoms with E-state index in [1.165, 1.54) is 0 Å². The number of unbranched alkanes of at least 4 members (excludes halogenated alkanes) is 1. The average molecular weight is 282 g/mol. The van der Waals surface area contributed by atoms with E-state index in [-0.39, 0.29) is 0 Å². The van der Waals surface area contributed by atoms with Gasteiger partial charge in [0.25, 0.3) is 0 Å². The van der Waals surface area contributed by atoms with Gasteiger partial charge in [-0.1, -0.05) is 13.3 Å². The van der Waals surface area contributed by atoms with Gasteiger partial charge in [0.2, 0.25) is 0 Å². The molecule has 0 saturated carbocycles. The quantitative estimate of drug-likeness (QED) is 0.594. The smallest absolute Gasteiger partial charge is 0.166 e. The van der Waals surface area contributed by atoms with Crippen LogP contribution in [0.1, 0.15) is 25.3 Å². The van der Waals surface area contributed by atoms with Gasteiger partial charge in [-0.25, -0.2) is 0 Å². The van der Waals surface area contributed by atoms with Crippen LogP contribution in [0, 0.1) is 0 Å². The third-order valence-corrected chi connectivity index (χ3v) is 3.04. The lowest BCUT2D eigenvalue weighted by atomic mass is 10.2. The summed E-state index contributed by atoms with van der Waals surface area (Å²) in [7, 11) is 3.29. The molecule has 5 heteroatoms. The van der Waals surface area contributed by atoms with Crippen LogP contribution in [0.4, 0.5) is 0 Å². The van der Waals surface area contributed by atoms with Crippen LogP contribution in [0.3, 0.4) is 0 Å². The fraction of sp³-hybridized carbons (Fsp3) is 0.500. The Bertz CT molecular complexity index is 410. The fourth-order valence-corrected chi connectivity index (χ4v) is 1.79. The van der Waals surface area contributed by atoms with E-state index in [1.54, 1.807) is 14.2 Å². The summed E-state index contributed by atoms with van der Waals surface area (Å²) in [5.41, 5.74) is 1.04. The number of hydrogen-bond donors (Lipinski definition) is 2. The molecule has 0 radical (unpaired) electrons. The van der Waals surface area contributed by atoms with Crippen molar-refractivity contribution in [2.45, 2.75) is 26.3 Å². The second kappa shape index (κ2) is 8.58.